The molecule has 2 aromatic heterocycles. The second kappa shape index (κ2) is 12.2. The van der Waals surface area contributed by atoms with Gasteiger partial charge in [0, 0.05) is 56.9 Å². The lowest BCUT2D eigenvalue weighted by Gasteiger charge is -2.36. The van der Waals surface area contributed by atoms with Gasteiger partial charge in [-0.2, -0.15) is 0 Å². The third-order valence-electron chi connectivity index (χ3n) is 6.78. The van der Waals surface area contributed by atoms with Crippen LogP contribution < -0.4 is 20.4 Å². The highest BCUT2D eigenvalue weighted by Crippen LogP contribution is 2.31. The van der Waals surface area contributed by atoms with Crippen LogP contribution in [0.5, 0.6) is 0 Å². The second-order valence-electron chi connectivity index (χ2n) is 9.49. The normalized spacial score (nSPS) is 16.9. The molecule has 1 aromatic carbocycles. The van der Waals surface area contributed by atoms with E-state index in [1.54, 1.807) is 23.7 Å². The lowest BCUT2D eigenvalue weighted by atomic mass is 10.2. The van der Waals surface area contributed by atoms with Crippen molar-refractivity contribution in [2.75, 3.05) is 62.2 Å². The first-order valence-corrected chi connectivity index (χ1v) is 13.2. The number of ether oxygens (including phenoxy) is 2. The first kappa shape index (κ1) is 28.5. The van der Waals surface area contributed by atoms with Crippen LogP contribution in [0.1, 0.15) is 17.4 Å². The van der Waals surface area contributed by atoms with Crippen LogP contribution in [0.3, 0.4) is 0 Å². The van der Waals surface area contributed by atoms with Crippen molar-refractivity contribution >= 4 is 41.0 Å². The molecule has 2 fully saturated rings. The summed E-state index contributed by atoms with van der Waals surface area (Å²) in [6, 6.07) is 2.09. The molecule has 2 aliphatic rings. The third kappa shape index (κ3) is 6.16. The number of aromatic nitrogens is 3. The number of fused-ring (bicyclic) bond motifs is 1. The van der Waals surface area contributed by atoms with Crippen molar-refractivity contribution in [2.45, 2.75) is 13.0 Å². The van der Waals surface area contributed by atoms with Gasteiger partial charge in [0.05, 0.1) is 38.1 Å². The molecule has 42 heavy (non-hydrogen) atoms. The number of hydrogen-bond donors (Lipinski definition) is 2. The number of hydrogen-bond acceptors (Lipinski definition) is 9. The molecule has 222 valence electrons. The van der Waals surface area contributed by atoms with Crippen LogP contribution in [0.2, 0.25) is 0 Å². The third-order valence-corrected chi connectivity index (χ3v) is 6.78. The second-order valence-corrected chi connectivity index (χ2v) is 9.49. The number of cyclic esters (lactones) is 1. The predicted molar refractivity (Wildman–Crippen MR) is 143 cm³/mol. The zero-order valence-electron chi connectivity index (χ0n) is 22.6. The SMILES string of the molecule is CCOC(=O)NCC1CN(c2cc(F)c(N3CCN(C(=O)CNC(=O)c4cn5ccncc5n4)CC3)c(F)c2)C(=O)O1. The van der Waals surface area contributed by atoms with Crippen molar-refractivity contribution in [3.05, 3.63) is 54.2 Å². The standard InChI is InChI=1S/C26H28F2N8O6/c1-2-41-25(39)31-11-17-14-36(26(40)42-17)16-9-18(27)23(19(28)10-16)34-7-5-33(6-8-34)22(37)13-30-24(38)20-15-35-4-3-29-12-21(35)32-20/h3-4,9-10,12,15,17H,2,5-8,11,13-14H2,1H3,(H,30,38)(H,31,39). The topological polar surface area (TPSA) is 151 Å². The summed E-state index contributed by atoms with van der Waals surface area (Å²) in [5, 5.41) is 5.00. The molecular formula is C26H28F2N8O6. The van der Waals surface area contributed by atoms with Crippen LogP contribution in [0.4, 0.5) is 29.7 Å². The fourth-order valence-corrected chi connectivity index (χ4v) is 4.72. The van der Waals surface area contributed by atoms with Gasteiger partial charge in [-0.1, -0.05) is 0 Å². The highest BCUT2D eigenvalue weighted by molar-refractivity contribution is 5.95. The summed E-state index contributed by atoms with van der Waals surface area (Å²) in [7, 11) is 0. The molecular weight excluding hydrogens is 558 g/mol. The number of nitrogens with zero attached hydrogens (tertiary/aromatic N) is 6. The summed E-state index contributed by atoms with van der Waals surface area (Å²) in [4.78, 5) is 61.1. The summed E-state index contributed by atoms with van der Waals surface area (Å²) in [6.45, 7) is 2.20. The maximum absolute atomic E-state index is 15.1. The maximum atomic E-state index is 15.1. The highest BCUT2D eigenvalue weighted by atomic mass is 19.1. The fourth-order valence-electron chi connectivity index (χ4n) is 4.72. The van der Waals surface area contributed by atoms with Crippen LogP contribution in [-0.4, -0.2) is 102 Å². The summed E-state index contributed by atoms with van der Waals surface area (Å²) in [5.41, 5.74) is 0.337. The van der Waals surface area contributed by atoms with E-state index in [9.17, 15) is 19.2 Å². The van der Waals surface area contributed by atoms with Crippen molar-refractivity contribution < 1.29 is 37.4 Å². The average Bonchev–Trinajstić information content (AvgIpc) is 3.58. The van der Waals surface area contributed by atoms with Gasteiger partial charge >= 0.3 is 12.2 Å². The molecule has 3 aromatic rings. The molecule has 2 saturated heterocycles. The van der Waals surface area contributed by atoms with Gasteiger partial charge in [0.25, 0.3) is 5.91 Å². The molecule has 4 heterocycles. The van der Waals surface area contributed by atoms with Crippen LogP contribution in [0.15, 0.2) is 36.9 Å². The number of nitrogens with one attached hydrogen (secondary N) is 2. The van der Waals surface area contributed by atoms with E-state index < -0.39 is 35.8 Å². The number of alkyl carbamates (subject to hydrolysis) is 1. The van der Waals surface area contributed by atoms with Crippen molar-refractivity contribution in [1.29, 1.82) is 0 Å². The van der Waals surface area contributed by atoms with Crippen LogP contribution in [0, 0.1) is 11.6 Å². The Hall–Kier alpha value is -5.02. The van der Waals surface area contributed by atoms with E-state index in [1.165, 1.54) is 22.2 Å². The number of halogens is 2. The summed E-state index contributed by atoms with van der Waals surface area (Å²) >= 11 is 0. The van der Waals surface area contributed by atoms with Gasteiger partial charge in [-0.3, -0.25) is 19.5 Å². The van der Waals surface area contributed by atoms with E-state index >= 15 is 8.78 Å². The number of benzene rings is 1. The monoisotopic (exact) mass is 586 g/mol. The van der Waals surface area contributed by atoms with E-state index in [-0.39, 0.29) is 75.4 Å². The number of imidazole rings is 1. The molecule has 0 bridgehead atoms. The number of rotatable bonds is 8. The van der Waals surface area contributed by atoms with Crippen LogP contribution in [-0.2, 0) is 14.3 Å². The van der Waals surface area contributed by atoms with Crippen LogP contribution in [0.25, 0.3) is 5.65 Å². The van der Waals surface area contributed by atoms with Gasteiger partial charge in [0.2, 0.25) is 5.91 Å². The largest absolute Gasteiger partial charge is 0.450 e. The molecule has 4 amide bonds. The molecule has 0 radical (unpaired) electrons. The van der Waals surface area contributed by atoms with E-state index in [1.807, 2.05) is 0 Å². The smallest absolute Gasteiger partial charge is 0.414 e. The molecule has 2 aliphatic heterocycles. The highest BCUT2D eigenvalue weighted by Gasteiger charge is 2.34. The molecule has 16 heteroatoms. The minimum atomic E-state index is -0.874. The summed E-state index contributed by atoms with van der Waals surface area (Å²) in [5.74, 6) is -2.61. The summed E-state index contributed by atoms with van der Waals surface area (Å²) < 4.78 is 41.9. The Balaban J connectivity index is 1.13. The van der Waals surface area contributed by atoms with E-state index in [0.717, 1.165) is 17.0 Å². The Morgan fingerprint density at radius 1 is 1.12 bits per heavy atom. The minimum absolute atomic E-state index is 0.0187. The summed E-state index contributed by atoms with van der Waals surface area (Å²) in [6.07, 6.45) is 4.05. The van der Waals surface area contributed by atoms with Gasteiger partial charge in [-0.15, -0.1) is 0 Å². The quantitative estimate of drug-likeness (QED) is 0.396. The lowest BCUT2D eigenvalue weighted by Crippen LogP contribution is -2.51. The molecule has 0 spiro atoms. The molecule has 2 N–H and O–H groups in total. The first-order chi connectivity index (χ1) is 20.2. The number of carbonyl (C=O) groups is 4. The van der Waals surface area contributed by atoms with Crippen molar-refractivity contribution in [2.24, 2.45) is 0 Å². The van der Waals surface area contributed by atoms with Crippen molar-refractivity contribution in [1.82, 2.24) is 29.9 Å². The fraction of sp³-hybridized carbons (Fsp3) is 0.385. The zero-order valence-corrected chi connectivity index (χ0v) is 22.6. The Kier molecular flexibility index (Phi) is 8.31. The van der Waals surface area contributed by atoms with Crippen LogP contribution >= 0.6 is 0 Å². The number of carbonyl (C=O) groups excluding carboxylic acids is 4. The molecule has 0 saturated carbocycles. The molecule has 0 aliphatic carbocycles. The number of amides is 4. The van der Waals surface area contributed by atoms with Gasteiger partial charge in [0.15, 0.2) is 17.3 Å². The van der Waals surface area contributed by atoms with Gasteiger partial charge in [-0.05, 0) is 6.92 Å². The maximum Gasteiger partial charge on any atom is 0.414 e. The minimum Gasteiger partial charge on any atom is -0.450 e. The molecule has 1 atom stereocenters. The molecule has 14 nitrogen and oxygen atoms in total. The van der Waals surface area contributed by atoms with Gasteiger partial charge < -0.3 is 34.3 Å². The van der Waals surface area contributed by atoms with Gasteiger partial charge in [0.1, 0.15) is 17.5 Å². The van der Waals surface area contributed by atoms with Gasteiger partial charge in [-0.25, -0.2) is 23.4 Å². The van der Waals surface area contributed by atoms with E-state index in [2.05, 4.69) is 20.6 Å². The Morgan fingerprint density at radius 2 is 1.86 bits per heavy atom. The molecule has 1 unspecified atom stereocenters. The van der Waals surface area contributed by atoms with Crippen molar-refractivity contribution in [3.63, 3.8) is 0 Å². The van der Waals surface area contributed by atoms with Crippen molar-refractivity contribution in [3.8, 4) is 0 Å². The lowest BCUT2D eigenvalue weighted by molar-refractivity contribution is -0.130. The Bertz CT molecular complexity index is 1450. The molecule has 5 rings (SSSR count). The number of piperazine rings is 1. The Morgan fingerprint density at radius 3 is 2.55 bits per heavy atom. The first-order valence-electron chi connectivity index (χ1n) is 13.2. The van der Waals surface area contributed by atoms with E-state index in [0.29, 0.717) is 5.65 Å². The average molecular weight is 587 g/mol. The number of anilines is 2. The predicted octanol–water partition coefficient (Wildman–Crippen LogP) is 1.16. The van der Waals surface area contributed by atoms with E-state index in [4.69, 9.17) is 9.47 Å². The Labute approximate surface area is 238 Å². The zero-order chi connectivity index (χ0) is 29.8.